The summed E-state index contributed by atoms with van der Waals surface area (Å²) in [4.78, 5) is 3.80. The van der Waals surface area contributed by atoms with E-state index in [1.165, 1.54) is 25.5 Å². The summed E-state index contributed by atoms with van der Waals surface area (Å²) in [5, 5.41) is 10.9. The number of halogens is 1. The molecule has 20 heavy (non-hydrogen) atoms. The maximum atomic E-state index is 14.0. The monoisotopic (exact) mass is 275 g/mol. The second-order valence-electron chi connectivity index (χ2n) is 7.93. The summed E-state index contributed by atoms with van der Waals surface area (Å²) in [5.41, 5.74) is 0.723. The zero-order valence-corrected chi connectivity index (χ0v) is 12.0. The van der Waals surface area contributed by atoms with Gasteiger partial charge in [-0.25, -0.2) is 4.39 Å². The minimum Gasteiger partial charge on any atom is -0.388 e. The van der Waals surface area contributed by atoms with Crippen LogP contribution in [0.2, 0.25) is 0 Å². The number of hydrogen-bond donors (Lipinski definition) is 1. The van der Waals surface area contributed by atoms with Gasteiger partial charge in [0.25, 0.3) is 0 Å². The van der Waals surface area contributed by atoms with Gasteiger partial charge in [-0.3, -0.25) is 4.98 Å². The first-order valence-electron chi connectivity index (χ1n) is 7.77. The van der Waals surface area contributed by atoms with Gasteiger partial charge in [0.1, 0.15) is 5.82 Å². The summed E-state index contributed by atoms with van der Waals surface area (Å²) in [6.45, 7) is 2.37. The molecule has 4 aliphatic rings. The molecule has 3 unspecified atom stereocenters. The van der Waals surface area contributed by atoms with Crippen LogP contribution in [0.3, 0.4) is 0 Å². The van der Waals surface area contributed by atoms with Gasteiger partial charge in [0.2, 0.25) is 0 Å². The van der Waals surface area contributed by atoms with Crippen molar-refractivity contribution >= 4 is 0 Å². The molecule has 4 fully saturated rings. The van der Waals surface area contributed by atoms with Gasteiger partial charge < -0.3 is 5.11 Å². The number of pyridine rings is 1. The Balaban J connectivity index is 1.73. The summed E-state index contributed by atoms with van der Waals surface area (Å²) in [7, 11) is 0. The number of nitrogens with zero attached hydrogens (tertiary/aromatic N) is 1. The highest BCUT2D eigenvalue weighted by Crippen LogP contribution is 2.68. The molecule has 0 spiro atoms. The number of aromatic nitrogens is 1. The Morgan fingerprint density at radius 1 is 1.30 bits per heavy atom. The Morgan fingerprint density at radius 3 is 2.60 bits per heavy atom. The number of hydrogen-bond acceptors (Lipinski definition) is 2. The third-order valence-corrected chi connectivity index (χ3v) is 6.08. The maximum absolute atomic E-state index is 14.0. The van der Waals surface area contributed by atoms with Crippen LogP contribution in [0, 0.1) is 28.5 Å². The second kappa shape index (κ2) is 4.03. The van der Waals surface area contributed by atoms with Gasteiger partial charge in [-0.05, 0) is 61.8 Å². The lowest BCUT2D eigenvalue weighted by Gasteiger charge is -2.62. The number of rotatable bonds is 2. The maximum Gasteiger partial charge on any atom is 0.147 e. The van der Waals surface area contributed by atoms with Crippen molar-refractivity contribution in [1.82, 2.24) is 4.98 Å². The third-order valence-electron chi connectivity index (χ3n) is 6.08. The summed E-state index contributed by atoms with van der Waals surface area (Å²) in [6, 6.07) is 1.65. The van der Waals surface area contributed by atoms with Gasteiger partial charge in [-0.1, -0.05) is 6.92 Å². The topological polar surface area (TPSA) is 33.1 Å². The van der Waals surface area contributed by atoms with Crippen LogP contribution >= 0.6 is 0 Å². The molecule has 0 radical (unpaired) electrons. The Morgan fingerprint density at radius 2 is 2.00 bits per heavy atom. The Kier molecular flexibility index (Phi) is 2.57. The van der Waals surface area contributed by atoms with Crippen molar-refractivity contribution in [2.45, 2.75) is 51.6 Å². The minimum atomic E-state index is -0.671. The molecule has 0 amide bonds. The van der Waals surface area contributed by atoms with E-state index in [9.17, 15) is 9.50 Å². The molecule has 4 saturated carbocycles. The molecule has 108 valence electrons. The van der Waals surface area contributed by atoms with Crippen LogP contribution < -0.4 is 0 Å². The lowest BCUT2D eigenvalue weighted by atomic mass is 9.43. The van der Waals surface area contributed by atoms with E-state index in [0.717, 1.165) is 31.1 Å². The third kappa shape index (κ3) is 1.75. The van der Waals surface area contributed by atoms with Crippen LogP contribution in [0.25, 0.3) is 0 Å². The lowest BCUT2D eigenvalue weighted by molar-refractivity contribution is -0.155. The number of aliphatic hydroxyl groups is 1. The fourth-order valence-electron chi connectivity index (χ4n) is 6.06. The van der Waals surface area contributed by atoms with Gasteiger partial charge in [-0.2, -0.15) is 0 Å². The first kappa shape index (κ1) is 12.8. The minimum absolute atomic E-state index is 0.0962. The summed E-state index contributed by atoms with van der Waals surface area (Å²) in [6.07, 6.45) is 9.26. The van der Waals surface area contributed by atoms with Crippen molar-refractivity contribution in [3.05, 3.63) is 29.8 Å². The van der Waals surface area contributed by atoms with E-state index >= 15 is 0 Å². The largest absolute Gasteiger partial charge is 0.388 e. The van der Waals surface area contributed by atoms with E-state index in [0.29, 0.717) is 11.0 Å². The van der Waals surface area contributed by atoms with E-state index in [-0.39, 0.29) is 11.2 Å². The predicted octanol–water partition coefficient (Wildman–Crippen LogP) is 3.86. The van der Waals surface area contributed by atoms with E-state index < -0.39 is 6.10 Å². The van der Waals surface area contributed by atoms with Crippen LogP contribution in [-0.4, -0.2) is 10.1 Å². The van der Waals surface area contributed by atoms with Crippen LogP contribution in [-0.2, 0) is 0 Å². The van der Waals surface area contributed by atoms with E-state index in [1.807, 2.05) is 0 Å². The molecule has 0 aromatic carbocycles. The molecular formula is C17H22FNO. The van der Waals surface area contributed by atoms with E-state index in [2.05, 4.69) is 11.9 Å². The Labute approximate surface area is 119 Å². The standard InChI is InChI=1S/C17H22FNO/c1-16-5-11-4-12(6-16)8-17(7-11,10-16)15(20)13-2-3-19-9-14(13)18/h2-3,9,11-12,15,20H,4-8,10H2,1H3. The van der Waals surface area contributed by atoms with Crippen molar-refractivity contribution in [2.75, 3.05) is 0 Å². The fourth-order valence-corrected chi connectivity index (χ4v) is 6.06. The zero-order valence-electron chi connectivity index (χ0n) is 12.0. The molecule has 1 heterocycles. The molecular weight excluding hydrogens is 253 g/mol. The van der Waals surface area contributed by atoms with Crippen LogP contribution in [0.15, 0.2) is 18.5 Å². The molecule has 0 aliphatic heterocycles. The quantitative estimate of drug-likeness (QED) is 0.889. The summed E-state index contributed by atoms with van der Waals surface area (Å²) < 4.78 is 14.0. The molecule has 4 aliphatic carbocycles. The highest BCUT2D eigenvalue weighted by molar-refractivity contribution is 5.21. The first-order valence-corrected chi connectivity index (χ1v) is 7.77. The SMILES string of the molecule is CC12CC3CC(C1)CC(C(O)c1ccncc1F)(C3)C2. The average molecular weight is 275 g/mol. The zero-order chi connectivity index (χ0) is 14.0. The van der Waals surface area contributed by atoms with Crippen LogP contribution in [0.1, 0.15) is 57.1 Å². The summed E-state index contributed by atoms with van der Waals surface area (Å²) >= 11 is 0. The highest BCUT2D eigenvalue weighted by atomic mass is 19.1. The second-order valence-corrected chi connectivity index (χ2v) is 7.93. The van der Waals surface area contributed by atoms with E-state index in [1.54, 1.807) is 12.3 Å². The average Bonchev–Trinajstić information content (AvgIpc) is 2.35. The Hall–Kier alpha value is -0.960. The molecule has 0 saturated heterocycles. The smallest absolute Gasteiger partial charge is 0.147 e. The van der Waals surface area contributed by atoms with Crippen molar-refractivity contribution in [3.63, 3.8) is 0 Å². The van der Waals surface area contributed by atoms with Crippen molar-refractivity contribution < 1.29 is 9.50 Å². The van der Waals surface area contributed by atoms with Crippen LogP contribution in [0.4, 0.5) is 4.39 Å². The number of aliphatic hydroxyl groups excluding tert-OH is 1. The summed E-state index contributed by atoms with van der Waals surface area (Å²) in [5.74, 6) is 1.11. The Bertz CT molecular complexity index is 530. The molecule has 1 aromatic rings. The van der Waals surface area contributed by atoms with Crippen molar-refractivity contribution in [2.24, 2.45) is 22.7 Å². The van der Waals surface area contributed by atoms with Crippen LogP contribution in [0.5, 0.6) is 0 Å². The fraction of sp³-hybridized carbons (Fsp3) is 0.706. The van der Waals surface area contributed by atoms with Crippen molar-refractivity contribution in [3.8, 4) is 0 Å². The molecule has 2 nitrogen and oxygen atoms in total. The molecule has 1 N–H and O–H groups in total. The predicted molar refractivity (Wildman–Crippen MR) is 74.4 cm³/mol. The van der Waals surface area contributed by atoms with Gasteiger partial charge in [-0.15, -0.1) is 0 Å². The van der Waals surface area contributed by atoms with Gasteiger partial charge >= 0.3 is 0 Å². The van der Waals surface area contributed by atoms with Gasteiger partial charge in [0, 0.05) is 17.2 Å². The molecule has 1 aromatic heterocycles. The molecule has 4 bridgehead atoms. The molecule has 3 atom stereocenters. The first-order chi connectivity index (χ1) is 9.50. The lowest BCUT2D eigenvalue weighted by Crippen LogP contribution is -2.53. The molecule has 3 heteroatoms. The molecule has 5 rings (SSSR count). The van der Waals surface area contributed by atoms with Gasteiger partial charge in [0.05, 0.1) is 12.3 Å². The highest BCUT2D eigenvalue weighted by Gasteiger charge is 2.58. The normalized spacial score (nSPS) is 43.8. The van der Waals surface area contributed by atoms with Crippen molar-refractivity contribution in [1.29, 1.82) is 0 Å². The van der Waals surface area contributed by atoms with Gasteiger partial charge in [0.15, 0.2) is 0 Å². The van der Waals surface area contributed by atoms with E-state index in [4.69, 9.17) is 0 Å².